The highest BCUT2D eigenvalue weighted by Gasteiger charge is 2.19. The van der Waals surface area contributed by atoms with E-state index in [0.29, 0.717) is 18.5 Å². The van der Waals surface area contributed by atoms with Crippen LogP contribution in [0.15, 0.2) is 30.3 Å². The Labute approximate surface area is 139 Å². The lowest BCUT2D eigenvalue weighted by atomic mass is 10.2. The summed E-state index contributed by atoms with van der Waals surface area (Å²) in [4.78, 5) is 36.7. The number of rotatable bonds is 4. The van der Waals surface area contributed by atoms with Gasteiger partial charge in [0.05, 0.1) is 0 Å². The van der Waals surface area contributed by atoms with Gasteiger partial charge in [-0.15, -0.1) is 0 Å². The van der Waals surface area contributed by atoms with E-state index in [9.17, 15) is 18.8 Å². The molecule has 0 spiro atoms. The van der Waals surface area contributed by atoms with Gasteiger partial charge in [0.2, 0.25) is 5.91 Å². The number of carbonyl (C=O) groups is 3. The molecule has 3 amide bonds. The Morgan fingerprint density at radius 3 is 2.62 bits per heavy atom. The van der Waals surface area contributed by atoms with E-state index in [1.807, 2.05) is 0 Å². The largest absolute Gasteiger partial charge is 0.333 e. The van der Waals surface area contributed by atoms with Gasteiger partial charge in [-0.1, -0.05) is 18.6 Å². The molecule has 128 valence electrons. The first-order valence-electron chi connectivity index (χ1n) is 7.85. The third-order valence-electron chi connectivity index (χ3n) is 3.63. The third-order valence-corrected chi connectivity index (χ3v) is 3.63. The van der Waals surface area contributed by atoms with Gasteiger partial charge >= 0.3 is 0 Å². The van der Waals surface area contributed by atoms with Gasteiger partial charge in [-0.25, -0.2) is 4.39 Å². The van der Waals surface area contributed by atoms with E-state index >= 15 is 0 Å². The van der Waals surface area contributed by atoms with Crippen LogP contribution >= 0.6 is 0 Å². The van der Waals surface area contributed by atoms with E-state index in [4.69, 9.17) is 0 Å². The maximum Gasteiger partial charge on any atom is 0.262 e. The first-order valence-corrected chi connectivity index (χ1v) is 7.85. The molecule has 0 unspecified atom stereocenters. The summed E-state index contributed by atoms with van der Waals surface area (Å²) in [5, 5.41) is 0. The van der Waals surface area contributed by atoms with Crippen molar-refractivity contribution in [3.63, 3.8) is 0 Å². The fourth-order valence-electron chi connectivity index (χ4n) is 2.34. The van der Waals surface area contributed by atoms with E-state index in [0.717, 1.165) is 19.3 Å². The molecule has 1 saturated heterocycles. The fourth-order valence-corrected chi connectivity index (χ4v) is 2.34. The molecule has 1 aromatic carbocycles. The number of hydrogen-bond donors (Lipinski definition) is 2. The maximum absolute atomic E-state index is 12.8. The summed E-state index contributed by atoms with van der Waals surface area (Å²) in [5.74, 6) is -1.36. The highest BCUT2D eigenvalue weighted by Crippen LogP contribution is 2.10. The van der Waals surface area contributed by atoms with Gasteiger partial charge in [0, 0.05) is 19.0 Å². The zero-order valence-electron chi connectivity index (χ0n) is 13.3. The highest BCUT2D eigenvalue weighted by molar-refractivity contribution is 5.93. The van der Waals surface area contributed by atoms with Crippen molar-refractivity contribution in [2.24, 2.45) is 0 Å². The highest BCUT2D eigenvalue weighted by atomic mass is 19.1. The molecular formula is C17H20FN3O3. The van der Waals surface area contributed by atoms with E-state index in [1.54, 1.807) is 0 Å². The number of hydrazine groups is 1. The minimum absolute atomic E-state index is 0.0369. The maximum atomic E-state index is 12.8. The number of halogens is 1. The Hall–Kier alpha value is -2.70. The summed E-state index contributed by atoms with van der Waals surface area (Å²) in [6.07, 6.45) is 5.90. The van der Waals surface area contributed by atoms with Crippen molar-refractivity contribution >= 4 is 23.8 Å². The van der Waals surface area contributed by atoms with Gasteiger partial charge in [-0.2, -0.15) is 0 Å². The number of likely N-dealkylation sites (tertiary alicyclic amines) is 1. The van der Waals surface area contributed by atoms with Crippen molar-refractivity contribution in [3.8, 4) is 0 Å². The normalized spacial score (nSPS) is 15.2. The van der Waals surface area contributed by atoms with Crippen LogP contribution in [0, 0.1) is 5.82 Å². The van der Waals surface area contributed by atoms with E-state index in [2.05, 4.69) is 10.9 Å². The summed E-state index contributed by atoms with van der Waals surface area (Å²) in [5.41, 5.74) is 5.18. The Morgan fingerprint density at radius 1 is 1.12 bits per heavy atom. The summed E-state index contributed by atoms with van der Waals surface area (Å²) in [6.45, 7) is 0.492. The monoisotopic (exact) mass is 333 g/mol. The van der Waals surface area contributed by atoms with E-state index < -0.39 is 11.8 Å². The lowest BCUT2D eigenvalue weighted by molar-refractivity contribution is -0.136. The smallest absolute Gasteiger partial charge is 0.262 e. The average Bonchev–Trinajstić information content (AvgIpc) is 2.77. The molecule has 1 aliphatic rings. The summed E-state index contributed by atoms with van der Waals surface area (Å²) >= 11 is 0. The van der Waals surface area contributed by atoms with Crippen LogP contribution < -0.4 is 10.9 Å². The van der Waals surface area contributed by atoms with Crippen LogP contribution in [0.4, 0.5) is 4.39 Å². The molecule has 1 aromatic rings. The summed E-state index contributed by atoms with van der Waals surface area (Å²) in [7, 11) is 0. The summed E-state index contributed by atoms with van der Waals surface area (Å²) in [6, 6.07) is 5.64. The molecule has 1 aliphatic heterocycles. The van der Waals surface area contributed by atoms with Crippen molar-refractivity contribution in [1.82, 2.24) is 15.8 Å². The lowest BCUT2D eigenvalue weighted by Gasteiger charge is -2.19. The summed E-state index contributed by atoms with van der Waals surface area (Å²) < 4.78 is 12.8. The van der Waals surface area contributed by atoms with Crippen LogP contribution in [0.3, 0.4) is 0 Å². The second-order valence-electron chi connectivity index (χ2n) is 5.55. The molecule has 2 N–H and O–H groups in total. The zero-order chi connectivity index (χ0) is 17.4. The molecule has 0 radical (unpaired) electrons. The minimum Gasteiger partial charge on any atom is -0.333 e. The molecular weight excluding hydrogens is 313 g/mol. The standard InChI is InChI=1S/C17H20FN3O3/c18-14-8-5-13(6-9-14)7-10-15(22)19-20-16(23)12-21-11-3-1-2-4-17(21)24/h5-10H,1-4,11-12H2,(H,19,22)(H,20,23)/b10-7+. The van der Waals surface area contributed by atoms with Crippen LogP contribution in [-0.2, 0) is 14.4 Å². The van der Waals surface area contributed by atoms with Crippen LogP contribution in [0.25, 0.3) is 6.08 Å². The third kappa shape index (κ3) is 5.83. The number of nitrogens with one attached hydrogen (secondary N) is 2. The minimum atomic E-state index is -0.519. The van der Waals surface area contributed by atoms with Crippen molar-refractivity contribution in [2.45, 2.75) is 25.7 Å². The van der Waals surface area contributed by atoms with Gasteiger partial charge in [0.15, 0.2) is 0 Å². The van der Waals surface area contributed by atoms with Crippen molar-refractivity contribution in [1.29, 1.82) is 0 Å². The average molecular weight is 333 g/mol. The lowest BCUT2D eigenvalue weighted by Crippen LogP contribution is -2.47. The fraction of sp³-hybridized carbons (Fsp3) is 0.353. The molecule has 7 heteroatoms. The van der Waals surface area contributed by atoms with Gasteiger partial charge in [0.25, 0.3) is 11.8 Å². The molecule has 0 saturated carbocycles. The Morgan fingerprint density at radius 2 is 1.88 bits per heavy atom. The molecule has 1 fully saturated rings. The topological polar surface area (TPSA) is 78.5 Å². The van der Waals surface area contributed by atoms with Crippen molar-refractivity contribution < 1.29 is 18.8 Å². The number of hydrogen-bond acceptors (Lipinski definition) is 3. The molecule has 24 heavy (non-hydrogen) atoms. The van der Waals surface area contributed by atoms with Gasteiger partial charge < -0.3 is 4.90 Å². The molecule has 2 rings (SSSR count). The number of amides is 3. The second-order valence-corrected chi connectivity index (χ2v) is 5.55. The second kappa shape index (κ2) is 8.81. The van der Waals surface area contributed by atoms with Crippen LogP contribution in [0.1, 0.15) is 31.2 Å². The van der Waals surface area contributed by atoms with Crippen LogP contribution in [-0.4, -0.2) is 35.7 Å². The number of carbonyl (C=O) groups excluding carboxylic acids is 3. The quantitative estimate of drug-likeness (QED) is 0.646. The Kier molecular flexibility index (Phi) is 6.48. The van der Waals surface area contributed by atoms with Crippen molar-refractivity contribution in [3.05, 3.63) is 41.7 Å². The molecule has 1 heterocycles. The SMILES string of the molecule is O=C(/C=C/c1ccc(F)cc1)NNC(=O)CN1CCCCCC1=O. The number of benzene rings is 1. The predicted molar refractivity (Wildman–Crippen MR) is 86.8 cm³/mol. The van der Waals surface area contributed by atoms with Crippen LogP contribution in [0.2, 0.25) is 0 Å². The predicted octanol–water partition coefficient (Wildman–Crippen LogP) is 1.39. The molecule has 0 atom stereocenters. The first kappa shape index (κ1) is 17.7. The first-order chi connectivity index (χ1) is 11.5. The Balaban J connectivity index is 1.75. The molecule has 0 aromatic heterocycles. The van der Waals surface area contributed by atoms with Crippen LogP contribution in [0.5, 0.6) is 0 Å². The van der Waals surface area contributed by atoms with E-state index in [1.165, 1.54) is 41.3 Å². The van der Waals surface area contributed by atoms with Crippen molar-refractivity contribution in [2.75, 3.05) is 13.1 Å². The number of nitrogens with zero attached hydrogens (tertiary/aromatic N) is 1. The van der Waals surface area contributed by atoms with Gasteiger partial charge in [0.1, 0.15) is 12.4 Å². The van der Waals surface area contributed by atoms with Gasteiger partial charge in [-0.3, -0.25) is 25.2 Å². The molecule has 6 nitrogen and oxygen atoms in total. The molecule has 0 aliphatic carbocycles. The van der Waals surface area contributed by atoms with Gasteiger partial charge in [-0.05, 0) is 36.6 Å². The van der Waals surface area contributed by atoms with E-state index in [-0.39, 0.29) is 18.3 Å². The Bertz CT molecular complexity index is 628. The zero-order valence-corrected chi connectivity index (χ0v) is 13.3. The molecule has 0 bridgehead atoms.